The standard InChI is InChI=1S/C14H7ClFN3/c15-11-2-1-10(8-18)14(5-11)19-13-4-9(7-17)3-12(16)6-13/h1-6,19H. The molecule has 2 aromatic rings. The van der Waals surface area contributed by atoms with Crippen LogP contribution in [0.5, 0.6) is 0 Å². The first kappa shape index (κ1) is 12.9. The van der Waals surface area contributed by atoms with Crippen molar-refractivity contribution in [2.75, 3.05) is 5.32 Å². The van der Waals surface area contributed by atoms with Gasteiger partial charge in [0.2, 0.25) is 0 Å². The van der Waals surface area contributed by atoms with Gasteiger partial charge in [0.1, 0.15) is 11.9 Å². The van der Waals surface area contributed by atoms with Crippen molar-refractivity contribution >= 4 is 23.0 Å². The summed E-state index contributed by atoms with van der Waals surface area (Å²) in [7, 11) is 0. The number of halogens is 2. The molecule has 5 heteroatoms. The van der Waals surface area contributed by atoms with E-state index < -0.39 is 5.82 Å². The van der Waals surface area contributed by atoms with Crippen LogP contribution in [0.15, 0.2) is 36.4 Å². The molecule has 0 bridgehead atoms. The quantitative estimate of drug-likeness (QED) is 0.899. The third kappa shape index (κ3) is 3.01. The number of nitriles is 2. The van der Waals surface area contributed by atoms with Crippen LogP contribution in [0.1, 0.15) is 11.1 Å². The molecule has 0 aliphatic heterocycles. The summed E-state index contributed by atoms with van der Waals surface area (Å²) in [6.45, 7) is 0. The Bertz CT molecular complexity index is 714. The van der Waals surface area contributed by atoms with E-state index in [1.807, 2.05) is 12.1 Å². The van der Waals surface area contributed by atoms with Crippen LogP contribution in [0.25, 0.3) is 0 Å². The Labute approximate surface area is 114 Å². The van der Waals surface area contributed by atoms with Gasteiger partial charge in [-0.2, -0.15) is 10.5 Å². The van der Waals surface area contributed by atoms with Gasteiger partial charge in [-0.3, -0.25) is 0 Å². The normalized spacial score (nSPS) is 9.47. The van der Waals surface area contributed by atoms with Crippen molar-refractivity contribution in [1.29, 1.82) is 10.5 Å². The van der Waals surface area contributed by atoms with E-state index in [2.05, 4.69) is 5.32 Å². The van der Waals surface area contributed by atoms with Gasteiger partial charge < -0.3 is 5.32 Å². The van der Waals surface area contributed by atoms with E-state index in [1.165, 1.54) is 12.1 Å². The van der Waals surface area contributed by atoms with Crippen molar-refractivity contribution in [2.45, 2.75) is 0 Å². The van der Waals surface area contributed by atoms with Gasteiger partial charge in [-0.05, 0) is 36.4 Å². The molecule has 2 aromatic carbocycles. The Balaban J connectivity index is 2.42. The second kappa shape index (κ2) is 5.39. The van der Waals surface area contributed by atoms with Gasteiger partial charge in [0, 0.05) is 10.7 Å². The second-order valence-electron chi connectivity index (χ2n) is 3.77. The fraction of sp³-hybridized carbons (Fsp3) is 0. The largest absolute Gasteiger partial charge is 0.354 e. The molecule has 0 aliphatic rings. The molecular formula is C14H7ClFN3. The number of rotatable bonds is 2. The summed E-state index contributed by atoms with van der Waals surface area (Å²) in [5, 5.41) is 21.1. The molecule has 0 saturated carbocycles. The summed E-state index contributed by atoms with van der Waals surface area (Å²) >= 11 is 5.85. The molecule has 19 heavy (non-hydrogen) atoms. The summed E-state index contributed by atoms with van der Waals surface area (Å²) < 4.78 is 13.3. The molecule has 1 N–H and O–H groups in total. The number of anilines is 2. The van der Waals surface area contributed by atoms with Crippen LogP contribution >= 0.6 is 11.6 Å². The molecule has 92 valence electrons. The smallest absolute Gasteiger partial charge is 0.126 e. The fourth-order valence-electron chi connectivity index (χ4n) is 1.60. The topological polar surface area (TPSA) is 59.6 Å². The lowest BCUT2D eigenvalue weighted by Crippen LogP contribution is -1.95. The molecule has 0 atom stereocenters. The number of hydrogen-bond acceptors (Lipinski definition) is 3. The zero-order valence-corrected chi connectivity index (χ0v) is 10.4. The van der Waals surface area contributed by atoms with E-state index >= 15 is 0 Å². The average molecular weight is 272 g/mol. The van der Waals surface area contributed by atoms with Crippen LogP contribution in [0.4, 0.5) is 15.8 Å². The van der Waals surface area contributed by atoms with Crippen LogP contribution in [-0.4, -0.2) is 0 Å². The molecule has 0 aromatic heterocycles. The van der Waals surface area contributed by atoms with E-state index in [0.29, 0.717) is 22.0 Å². The van der Waals surface area contributed by atoms with Gasteiger partial charge in [0.25, 0.3) is 0 Å². The highest BCUT2D eigenvalue weighted by Crippen LogP contribution is 2.25. The predicted octanol–water partition coefficient (Wildman–Crippen LogP) is 3.97. The molecule has 0 heterocycles. The molecule has 0 radical (unpaired) electrons. The SMILES string of the molecule is N#Cc1cc(F)cc(Nc2cc(Cl)ccc2C#N)c1. The zero-order valence-electron chi connectivity index (χ0n) is 9.61. The van der Waals surface area contributed by atoms with E-state index in [-0.39, 0.29) is 5.56 Å². The predicted molar refractivity (Wildman–Crippen MR) is 70.6 cm³/mol. The zero-order chi connectivity index (χ0) is 13.8. The Morgan fingerprint density at radius 3 is 2.53 bits per heavy atom. The van der Waals surface area contributed by atoms with Crippen LogP contribution < -0.4 is 5.32 Å². The molecule has 0 fully saturated rings. The van der Waals surface area contributed by atoms with Gasteiger partial charge in [0.15, 0.2) is 0 Å². The van der Waals surface area contributed by atoms with E-state index in [4.69, 9.17) is 22.1 Å². The van der Waals surface area contributed by atoms with Crippen LogP contribution in [0.2, 0.25) is 5.02 Å². The van der Waals surface area contributed by atoms with Crippen molar-refractivity contribution in [1.82, 2.24) is 0 Å². The first-order valence-electron chi connectivity index (χ1n) is 5.30. The summed E-state index contributed by atoms with van der Waals surface area (Å²) in [6.07, 6.45) is 0. The lowest BCUT2D eigenvalue weighted by molar-refractivity contribution is 0.628. The molecule has 0 amide bonds. The molecule has 2 rings (SSSR count). The average Bonchev–Trinajstić information content (AvgIpc) is 2.38. The Kier molecular flexibility index (Phi) is 3.66. The number of benzene rings is 2. The van der Waals surface area contributed by atoms with Crippen molar-refractivity contribution in [3.8, 4) is 12.1 Å². The van der Waals surface area contributed by atoms with Crippen LogP contribution in [0.3, 0.4) is 0 Å². The van der Waals surface area contributed by atoms with Crippen molar-refractivity contribution in [2.24, 2.45) is 0 Å². The van der Waals surface area contributed by atoms with Crippen molar-refractivity contribution < 1.29 is 4.39 Å². The molecule has 0 spiro atoms. The number of nitrogens with one attached hydrogen (secondary N) is 1. The molecule has 0 aliphatic carbocycles. The molecule has 0 saturated heterocycles. The second-order valence-corrected chi connectivity index (χ2v) is 4.20. The highest BCUT2D eigenvalue weighted by Gasteiger charge is 2.05. The summed E-state index contributed by atoms with van der Waals surface area (Å²) in [5.74, 6) is -0.526. The van der Waals surface area contributed by atoms with Crippen molar-refractivity contribution in [3.63, 3.8) is 0 Å². The van der Waals surface area contributed by atoms with E-state index in [9.17, 15) is 4.39 Å². The number of nitrogens with zero attached hydrogens (tertiary/aromatic N) is 2. The van der Waals surface area contributed by atoms with Crippen LogP contribution in [0, 0.1) is 28.5 Å². The van der Waals surface area contributed by atoms with Gasteiger partial charge >= 0.3 is 0 Å². The van der Waals surface area contributed by atoms with Gasteiger partial charge in [-0.1, -0.05) is 11.6 Å². The first-order valence-corrected chi connectivity index (χ1v) is 5.67. The molecule has 0 unspecified atom stereocenters. The Hall–Kier alpha value is -2.56. The fourth-order valence-corrected chi connectivity index (χ4v) is 1.77. The maximum Gasteiger partial charge on any atom is 0.126 e. The highest BCUT2D eigenvalue weighted by molar-refractivity contribution is 6.30. The van der Waals surface area contributed by atoms with Crippen LogP contribution in [-0.2, 0) is 0 Å². The van der Waals surface area contributed by atoms with Gasteiger partial charge in [0.05, 0.1) is 22.9 Å². The molecular weight excluding hydrogens is 265 g/mol. The maximum absolute atomic E-state index is 13.3. The lowest BCUT2D eigenvalue weighted by atomic mass is 10.1. The molecule has 3 nitrogen and oxygen atoms in total. The monoisotopic (exact) mass is 271 g/mol. The first-order chi connectivity index (χ1) is 9.12. The number of hydrogen-bond donors (Lipinski definition) is 1. The summed E-state index contributed by atoms with van der Waals surface area (Å²) in [4.78, 5) is 0. The summed E-state index contributed by atoms with van der Waals surface area (Å²) in [5.41, 5.74) is 1.43. The van der Waals surface area contributed by atoms with Gasteiger partial charge in [-0.15, -0.1) is 0 Å². The lowest BCUT2D eigenvalue weighted by Gasteiger charge is -2.09. The summed E-state index contributed by atoms with van der Waals surface area (Å²) in [6, 6.07) is 12.5. The van der Waals surface area contributed by atoms with Crippen molar-refractivity contribution in [3.05, 3.63) is 58.4 Å². The third-order valence-corrected chi connectivity index (χ3v) is 2.64. The Morgan fingerprint density at radius 1 is 1.05 bits per heavy atom. The van der Waals surface area contributed by atoms with Gasteiger partial charge in [-0.25, -0.2) is 4.39 Å². The maximum atomic E-state index is 13.3. The van der Waals surface area contributed by atoms with E-state index in [1.54, 1.807) is 18.2 Å². The third-order valence-electron chi connectivity index (χ3n) is 2.41. The minimum absolute atomic E-state index is 0.197. The minimum atomic E-state index is -0.526. The van der Waals surface area contributed by atoms with E-state index in [0.717, 1.165) is 6.07 Å². The highest BCUT2D eigenvalue weighted by atomic mass is 35.5. The minimum Gasteiger partial charge on any atom is -0.354 e. The Morgan fingerprint density at radius 2 is 1.84 bits per heavy atom.